The van der Waals surface area contributed by atoms with Crippen molar-refractivity contribution in [2.45, 2.75) is 17.9 Å². The van der Waals surface area contributed by atoms with E-state index in [1.165, 1.54) is 6.26 Å². The van der Waals surface area contributed by atoms with Crippen molar-refractivity contribution in [1.29, 1.82) is 0 Å². The van der Waals surface area contributed by atoms with E-state index in [1.54, 1.807) is 24.3 Å². The third-order valence-corrected chi connectivity index (χ3v) is 4.38. The summed E-state index contributed by atoms with van der Waals surface area (Å²) in [6.07, 6.45) is 1.20. The van der Waals surface area contributed by atoms with Gasteiger partial charge < -0.3 is 5.32 Å². The topological polar surface area (TPSA) is 46.2 Å². The average molecular weight is 310 g/mol. The SMILES string of the molecule is CC(Nc1ccc(S(C)(=O)=O)cc1)c1cccc(Cl)c1. The molecule has 1 unspecified atom stereocenters. The van der Waals surface area contributed by atoms with Crippen molar-refractivity contribution in [3.8, 4) is 0 Å². The van der Waals surface area contributed by atoms with Crippen LogP contribution in [0.1, 0.15) is 18.5 Å². The molecule has 3 nitrogen and oxygen atoms in total. The van der Waals surface area contributed by atoms with Gasteiger partial charge in [0.2, 0.25) is 0 Å². The van der Waals surface area contributed by atoms with Crippen LogP contribution in [-0.2, 0) is 9.84 Å². The molecule has 0 bridgehead atoms. The van der Waals surface area contributed by atoms with Crippen molar-refractivity contribution in [1.82, 2.24) is 0 Å². The fraction of sp³-hybridized carbons (Fsp3) is 0.200. The quantitative estimate of drug-likeness (QED) is 0.931. The van der Waals surface area contributed by atoms with E-state index in [-0.39, 0.29) is 6.04 Å². The zero-order valence-corrected chi connectivity index (χ0v) is 12.9. The zero-order chi connectivity index (χ0) is 14.8. The lowest BCUT2D eigenvalue weighted by atomic mass is 10.1. The van der Waals surface area contributed by atoms with E-state index in [9.17, 15) is 8.42 Å². The predicted molar refractivity (Wildman–Crippen MR) is 83.0 cm³/mol. The van der Waals surface area contributed by atoms with Crippen molar-refractivity contribution in [3.63, 3.8) is 0 Å². The van der Waals surface area contributed by atoms with E-state index in [2.05, 4.69) is 5.32 Å². The molecule has 5 heteroatoms. The highest BCUT2D eigenvalue weighted by Gasteiger charge is 2.08. The molecule has 0 heterocycles. The Morgan fingerprint density at radius 1 is 1.10 bits per heavy atom. The predicted octanol–water partition coefficient (Wildman–Crippen LogP) is 3.92. The Balaban J connectivity index is 2.14. The third kappa shape index (κ3) is 3.74. The van der Waals surface area contributed by atoms with Gasteiger partial charge >= 0.3 is 0 Å². The first kappa shape index (κ1) is 14.9. The Hall–Kier alpha value is -1.52. The third-order valence-electron chi connectivity index (χ3n) is 3.01. The van der Waals surface area contributed by atoms with Gasteiger partial charge in [0.1, 0.15) is 0 Å². The van der Waals surface area contributed by atoms with E-state index in [0.717, 1.165) is 11.3 Å². The van der Waals surface area contributed by atoms with Crippen LogP contribution in [0.5, 0.6) is 0 Å². The van der Waals surface area contributed by atoms with Crippen LogP contribution in [0, 0.1) is 0 Å². The minimum atomic E-state index is -3.15. The van der Waals surface area contributed by atoms with Crippen LogP contribution in [0.3, 0.4) is 0 Å². The number of hydrogen-bond donors (Lipinski definition) is 1. The summed E-state index contributed by atoms with van der Waals surface area (Å²) in [5.74, 6) is 0. The van der Waals surface area contributed by atoms with Crippen molar-refractivity contribution >= 4 is 27.1 Å². The molecule has 0 saturated carbocycles. The smallest absolute Gasteiger partial charge is 0.175 e. The van der Waals surface area contributed by atoms with Gasteiger partial charge in [-0.25, -0.2) is 8.42 Å². The maximum absolute atomic E-state index is 11.4. The van der Waals surface area contributed by atoms with Crippen molar-refractivity contribution in [2.24, 2.45) is 0 Å². The van der Waals surface area contributed by atoms with Gasteiger partial charge in [-0.3, -0.25) is 0 Å². The maximum atomic E-state index is 11.4. The number of halogens is 1. The fourth-order valence-corrected chi connectivity index (χ4v) is 2.74. The minimum Gasteiger partial charge on any atom is -0.379 e. The van der Waals surface area contributed by atoms with E-state index in [4.69, 9.17) is 11.6 Å². The standard InChI is InChI=1S/C15H16ClNO2S/c1-11(12-4-3-5-13(16)10-12)17-14-6-8-15(9-7-14)20(2,18)19/h3-11,17H,1-2H3. The second-order valence-electron chi connectivity index (χ2n) is 4.72. The Labute approximate surface area is 124 Å². The molecular weight excluding hydrogens is 294 g/mol. The highest BCUT2D eigenvalue weighted by Crippen LogP contribution is 2.22. The molecule has 0 amide bonds. The molecule has 0 aliphatic carbocycles. The molecule has 0 aliphatic heterocycles. The number of rotatable bonds is 4. The van der Waals surface area contributed by atoms with Crippen LogP contribution in [0.2, 0.25) is 5.02 Å². The first-order valence-electron chi connectivity index (χ1n) is 6.18. The molecule has 106 valence electrons. The van der Waals surface area contributed by atoms with Crippen LogP contribution in [0.15, 0.2) is 53.4 Å². The van der Waals surface area contributed by atoms with Gasteiger partial charge in [0.15, 0.2) is 9.84 Å². The summed E-state index contributed by atoms with van der Waals surface area (Å²) in [6.45, 7) is 2.02. The van der Waals surface area contributed by atoms with Crippen molar-refractivity contribution in [3.05, 3.63) is 59.1 Å². The molecule has 2 aromatic rings. The first-order chi connectivity index (χ1) is 9.36. The number of nitrogens with one attached hydrogen (secondary N) is 1. The molecule has 0 radical (unpaired) electrons. The number of benzene rings is 2. The first-order valence-corrected chi connectivity index (χ1v) is 8.45. The zero-order valence-electron chi connectivity index (χ0n) is 11.3. The van der Waals surface area contributed by atoms with E-state index < -0.39 is 9.84 Å². The Bertz CT molecular complexity index is 696. The normalized spacial score (nSPS) is 12.9. The molecule has 0 aromatic heterocycles. The highest BCUT2D eigenvalue weighted by molar-refractivity contribution is 7.90. The summed E-state index contributed by atoms with van der Waals surface area (Å²) in [5.41, 5.74) is 1.94. The Morgan fingerprint density at radius 3 is 2.30 bits per heavy atom. The monoisotopic (exact) mass is 309 g/mol. The second-order valence-corrected chi connectivity index (χ2v) is 7.17. The molecule has 1 atom stereocenters. The van der Waals surface area contributed by atoms with Gasteiger partial charge in [0.05, 0.1) is 4.90 Å². The van der Waals surface area contributed by atoms with E-state index in [1.807, 2.05) is 31.2 Å². The number of anilines is 1. The van der Waals surface area contributed by atoms with Crippen LogP contribution < -0.4 is 5.32 Å². The molecule has 0 spiro atoms. The van der Waals surface area contributed by atoms with Gasteiger partial charge in [-0.2, -0.15) is 0 Å². The summed E-state index contributed by atoms with van der Waals surface area (Å²) in [7, 11) is -3.15. The Morgan fingerprint density at radius 2 is 1.75 bits per heavy atom. The van der Waals surface area contributed by atoms with Gasteiger partial charge in [-0.1, -0.05) is 23.7 Å². The van der Waals surface area contributed by atoms with Gasteiger partial charge in [-0.05, 0) is 48.9 Å². The van der Waals surface area contributed by atoms with Gasteiger partial charge in [0.25, 0.3) is 0 Å². The largest absolute Gasteiger partial charge is 0.379 e. The summed E-state index contributed by atoms with van der Waals surface area (Å²) in [4.78, 5) is 0.318. The molecular formula is C15H16ClNO2S. The van der Waals surface area contributed by atoms with Crippen molar-refractivity contribution in [2.75, 3.05) is 11.6 Å². The summed E-state index contributed by atoms with van der Waals surface area (Å²) in [5, 5.41) is 4.01. The highest BCUT2D eigenvalue weighted by atomic mass is 35.5. The van der Waals surface area contributed by atoms with Gasteiger partial charge in [-0.15, -0.1) is 0 Å². The molecule has 20 heavy (non-hydrogen) atoms. The van der Waals surface area contributed by atoms with Crippen LogP contribution in [0.25, 0.3) is 0 Å². The van der Waals surface area contributed by atoms with Gasteiger partial charge in [0, 0.05) is 23.0 Å². The Kier molecular flexibility index (Phi) is 4.35. The average Bonchev–Trinajstić information content (AvgIpc) is 2.38. The lowest BCUT2D eigenvalue weighted by molar-refractivity contribution is 0.602. The van der Waals surface area contributed by atoms with Crippen LogP contribution >= 0.6 is 11.6 Å². The van der Waals surface area contributed by atoms with E-state index in [0.29, 0.717) is 9.92 Å². The number of hydrogen-bond acceptors (Lipinski definition) is 3. The maximum Gasteiger partial charge on any atom is 0.175 e. The van der Waals surface area contributed by atoms with E-state index >= 15 is 0 Å². The molecule has 0 aliphatic rings. The summed E-state index contributed by atoms with van der Waals surface area (Å²) >= 11 is 5.97. The summed E-state index contributed by atoms with van der Waals surface area (Å²) < 4.78 is 22.8. The molecule has 0 fully saturated rings. The lowest BCUT2D eigenvalue weighted by Gasteiger charge is -2.16. The molecule has 2 rings (SSSR count). The summed E-state index contributed by atoms with van der Waals surface area (Å²) in [6, 6.07) is 14.4. The second kappa shape index (κ2) is 5.85. The van der Waals surface area contributed by atoms with Crippen LogP contribution in [0.4, 0.5) is 5.69 Å². The molecule has 2 aromatic carbocycles. The molecule has 0 saturated heterocycles. The minimum absolute atomic E-state index is 0.0813. The van der Waals surface area contributed by atoms with Crippen LogP contribution in [-0.4, -0.2) is 14.7 Å². The molecule has 1 N–H and O–H groups in total. The lowest BCUT2D eigenvalue weighted by Crippen LogP contribution is -2.06. The van der Waals surface area contributed by atoms with Crippen molar-refractivity contribution < 1.29 is 8.42 Å². The number of sulfone groups is 1. The fourth-order valence-electron chi connectivity index (χ4n) is 1.91.